The third-order valence-electron chi connectivity index (χ3n) is 1.61. The van der Waals surface area contributed by atoms with Crippen molar-refractivity contribution in [1.82, 2.24) is 4.98 Å². The number of pyridine rings is 1. The number of aldehydes is 1. The minimum Gasteiger partial charge on any atom is -0.389 e. The van der Waals surface area contributed by atoms with Crippen molar-refractivity contribution in [3.63, 3.8) is 0 Å². The molecule has 1 rings (SSSR count). The summed E-state index contributed by atoms with van der Waals surface area (Å²) in [7, 11) is 0. The molecule has 0 spiro atoms. The summed E-state index contributed by atoms with van der Waals surface area (Å²) in [5.74, 6) is -1.22. The Morgan fingerprint density at radius 3 is 2.56 bits per heavy atom. The highest BCUT2D eigenvalue weighted by molar-refractivity contribution is 6.17. The standard InChI is InChI=1S/C8H5ClF3NO3/c9-2-4-1-6(15)13-7(5(4)3-14)16-8(10,11)12/h1,3H,2H2,(H,13,15). The molecule has 4 nitrogen and oxygen atoms in total. The van der Waals surface area contributed by atoms with Crippen LogP contribution in [0.2, 0.25) is 0 Å². The van der Waals surface area contributed by atoms with Crippen LogP contribution >= 0.6 is 11.6 Å². The summed E-state index contributed by atoms with van der Waals surface area (Å²) < 4.78 is 39.3. The van der Waals surface area contributed by atoms with Crippen LogP contribution in [0.4, 0.5) is 13.2 Å². The van der Waals surface area contributed by atoms with E-state index in [-0.39, 0.29) is 17.7 Å². The van der Waals surface area contributed by atoms with Crippen LogP contribution in [0.3, 0.4) is 0 Å². The van der Waals surface area contributed by atoms with Gasteiger partial charge in [-0.2, -0.15) is 0 Å². The smallest absolute Gasteiger partial charge is 0.389 e. The van der Waals surface area contributed by atoms with Gasteiger partial charge >= 0.3 is 6.36 Å². The number of H-pyrrole nitrogens is 1. The van der Waals surface area contributed by atoms with Gasteiger partial charge < -0.3 is 4.74 Å². The van der Waals surface area contributed by atoms with Crippen molar-refractivity contribution in [2.75, 3.05) is 0 Å². The van der Waals surface area contributed by atoms with Crippen LogP contribution in [0.25, 0.3) is 0 Å². The van der Waals surface area contributed by atoms with Gasteiger partial charge in [-0.15, -0.1) is 24.8 Å². The van der Waals surface area contributed by atoms with E-state index in [2.05, 4.69) is 4.74 Å². The number of ether oxygens (including phenoxy) is 1. The van der Waals surface area contributed by atoms with Gasteiger partial charge in [0.05, 0.1) is 5.56 Å². The Morgan fingerprint density at radius 2 is 2.12 bits per heavy atom. The molecule has 0 saturated carbocycles. The van der Waals surface area contributed by atoms with Gasteiger partial charge in [0.25, 0.3) is 5.56 Å². The first-order valence-electron chi connectivity index (χ1n) is 3.90. The Labute approximate surface area is 92.0 Å². The lowest BCUT2D eigenvalue weighted by molar-refractivity contribution is -0.276. The summed E-state index contributed by atoms with van der Waals surface area (Å²) in [5.41, 5.74) is -1.29. The topological polar surface area (TPSA) is 59.2 Å². The van der Waals surface area contributed by atoms with E-state index >= 15 is 0 Å². The maximum Gasteiger partial charge on any atom is 0.574 e. The zero-order valence-electron chi connectivity index (χ0n) is 7.60. The normalized spacial score (nSPS) is 11.2. The van der Waals surface area contributed by atoms with Crippen molar-refractivity contribution in [3.05, 3.63) is 27.5 Å². The fourth-order valence-corrected chi connectivity index (χ4v) is 1.25. The Hall–Kier alpha value is -1.50. The number of halogens is 4. The Bertz CT molecular complexity index is 455. The summed E-state index contributed by atoms with van der Waals surface area (Å²) in [4.78, 5) is 23.3. The molecule has 1 heterocycles. The van der Waals surface area contributed by atoms with Gasteiger partial charge in [0.1, 0.15) is 0 Å². The maximum absolute atomic E-state index is 11.9. The molecule has 16 heavy (non-hydrogen) atoms. The molecule has 0 aliphatic heterocycles. The van der Waals surface area contributed by atoms with Crippen LogP contribution < -0.4 is 10.3 Å². The molecular weight excluding hydrogens is 251 g/mol. The van der Waals surface area contributed by atoms with E-state index in [0.29, 0.717) is 0 Å². The number of rotatable bonds is 3. The molecule has 0 aliphatic carbocycles. The van der Waals surface area contributed by atoms with Crippen LogP contribution in [0.5, 0.6) is 5.88 Å². The second-order valence-corrected chi connectivity index (χ2v) is 2.97. The monoisotopic (exact) mass is 255 g/mol. The number of aromatic amines is 1. The summed E-state index contributed by atoms with van der Waals surface area (Å²) in [6, 6.07) is 0.931. The van der Waals surface area contributed by atoms with E-state index in [4.69, 9.17) is 11.6 Å². The lowest BCUT2D eigenvalue weighted by atomic mass is 10.2. The first-order valence-corrected chi connectivity index (χ1v) is 4.44. The Balaban J connectivity index is 3.31. The van der Waals surface area contributed by atoms with Crippen molar-refractivity contribution in [2.24, 2.45) is 0 Å². The van der Waals surface area contributed by atoms with E-state index in [1.165, 1.54) is 0 Å². The van der Waals surface area contributed by atoms with Crippen LogP contribution in [0.1, 0.15) is 15.9 Å². The molecule has 1 N–H and O–H groups in total. The second-order valence-electron chi connectivity index (χ2n) is 2.70. The third-order valence-corrected chi connectivity index (χ3v) is 1.90. The van der Waals surface area contributed by atoms with Gasteiger partial charge in [0.2, 0.25) is 5.88 Å². The summed E-state index contributed by atoms with van der Waals surface area (Å²) in [5, 5.41) is 0. The zero-order valence-corrected chi connectivity index (χ0v) is 8.35. The van der Waals surface area contributed by atoms with Gasteiger partial charge in [0.15, 0.2) is 6.29 Å². The second kappa shape index (κ2) is 4.56. The molecule has 88 valence electrons. The molecule has 0 bridgehead atoms. The van der Waals surface area contributed by atoms with E-state index in [9.17, 15) is 22.8 Å². The number of aromatic nitrogens is 1. The number of alkyl halides is 4. The van der Waals surface area contributed by atoms with Crippen LogP contribution in [0, 0.1) is 0 Å². The number of hydrogen-bond donors (Lipinski definition) is 1. The molecule has 0 fully saturated rings. The van der Waals surface area contributed by atoms with Crippen molar-refractivity contribution in [1.29, 1.82) is 0 Å². The van der Waals surface area contributed by atoms with Crippen LogP contribution in [-0.4, -0.2) is 17.6 Å². The SMILES string of the molecule is O=Cc1c(CCl)cc(=O)[nH]c1OC(F)(F)F. The van der Waals surface area contributed by atoms with E-state index in [1.54, 1.807) is 4.98 Å². The van der Waals surface area contributed by atoms with Crippen molar-refractivity contribution in [2.45, 2.75) is 12.2 Å². The predicted octanol–water partition coefficient (Wildman–Crippen LogP) is 1.82. The predicted molar refractivity (Wildman–Crippen MR) is 48.7 cm³/mol. The number of carbonyl (C=O) groups is 1. The van der Waals surface area contributed by atoms with E-state index in [0.717, 1.165) is 6.07 Å². The van der Waals surface area contributed by atoms with E-state index < -0.39 is 23.4 Å². The fraction of sp³-hybridized carbons (Fsp3) is 0.250. The largest absolute Gasteiger partial charge is 0.574 e. The minimum absolute atomic E-state index is 0.0281. The molecule has 0 aliphatic rings. The zero-order chi connectivity index (χ0) is 12.3. The van der Waals surface area contributed by atoms with Gasteiger partial charge in [0, 0.05) is 11.9 Å². The average Bonchev–Trinajstić information content (AvgIpc) is 2.14. The highest BCUT2D eigenvalue weighted by Crippen LogP contribution is 2.24. The van der Waals surface area contributed by atoms with Gasteiger partial charge in [-0.25, -0.2) is 0 Å². The van der Waals surface area contributed by atoms with Gasteiger partial charge in [-0.05, 0) is 5.56 Å². The number of nitrogens with one attached hydrogen (secondary N) is 1. The highest BCUT2D eigenvalue weighted by atomic mass is 35.5. The fourth-order valence-electron chi connectivity index (χ4n) is 1.03. The molecule has 0 unspecified atom stereocenters. The van der Waals surface area contributed by atoms with E-state index in [1.807, 2.05) is 0 Å². The molecule has 8 heteroatoms. The molecule has 0 radical (unpaired) electrons. The van der Waals surface area contributed by atoms with Crippen molar-refractivity contribution < 1.29 is 22.7 Å². The highest BCUT2D eigenvalue weighted by Gasteiger charge is 2.33. The maximum atomic E-state index is 11.9. The first kappa shape index (κ1) is 12.6. The Kier molecular flexibility index (Phi) is 3.58. The number of hydrogen-bond acceptors (Lipinski definition) is 3. The molecule has 1 aromatic heterocycles. The van der Waals surface area contributed by atoms with Gasteiger partial charge in [-0.1, -0.05) is 0 Å². The molecule has 0 atom stereocenters. The molecule has 0 amide bonds. The first-order chi connectivity index (χ1) is 7.37. The minimum atomic E-state index is -4.99. The van der Waals surface area contributed by atoms with Crippen molar-refractivity contribution in [3.8, 4) is 5.88 Å². The average molecular weight is 256 g/mol. The molecule has 0 aromatic carbocycles. The molecule has 1 aromatic rings. The van der Waals surface area contributed by atoms with Crippen LogP contribution in [-0.2, 0) is 5.88 Å². The molecular formula is C8H5ClF3NO3. The Morgan fingerprint density at radius 1 is 1.50 bits per heavy atom. The van der Waals surface area contributed by atoms with Gasteiger partial charge in [-0.3, -0.25) is 14.6 Å². The summed E-state index contributed by atoms with van der Waals surface area (Å²) in [6.45, 7) is 0. The lowest BCUT2D eigenvalue weighted by Gasteiger charge is -2.11. The number of carbonyl (C=O) groups excluding carboxylic acids is 1. The summed E-state index contributed by atoms with van der Waals surface area (Å²) in [6.07, 6.45) is -4.86. The van der Waals surface area contributed by atoms with Crippen LogP contribution in [0.15, 0.2) is 10.9 Å². The van der Waals surface area contributed by atoms with Crippen molar-refractivity contribution >= 4 is 17.9 Å². The quantitative estimate of drug-likeness (QED) is 0.662. The lowest BCUT2D eigenvalue weighted by Crippen LogP contribution is -2.22. The molecule has 0 saturated heterocycles. The summed E-state index contributed by atoms with van der Waals surface area (Å²) >= 11 is 5.38. The third kappa shape index (κ3) is 2.99.